The molecule has 28 heavy (non-hydrogen) atoms. The van der Waals surface area contributed by atoms with Gasteiger partial charge in [0.05, 0.1) is 18.3 Å². The Morgan fingerprint density at radius 2 is 1.86 bits per heavy atom. The van der Waals surface area contributed by atoms with Crippen molar-refractivity contribution in [2.45, 2.75) is 31.4 Å². The standard InChI is InChI=1S/C18H20N4O4S2/c1-12(2)16(18(23)19-26-11-13-7-4-3-5-8-13)22-28(24,25)15-10-6-9-14-17(15)21-27-20-14/h3-10,12,16,22H,11H2,1-2H3,(H,19,23)/t16-/m1/s1. The van der Waals surface area contributed by atoms with Crippen molar-refractivity contribution >= 4 is 38.7 Å². The summed E-state index contributed by atoms with van der Waals surface area (Å²) < 4.78 is 36.3. The van der Waals surface area contributed by atoms with Crippen LogP contribution in [0.4, 0.5) is 0 Å². The molecule has 2 aromatic carbocycles. The Hall–Kier alpha value is -2.40. The average molecular weight is 421 g/mol. The second-order valence-electron chi connectivity index (χ2n) is 6.47. The van der Waals surface area contributed by atoms with Crippen LogP contribution in [-0.2, 0) is 26.3 Å². The molecule has 1 amide bonds. The zero-order valence-electron chi connectivity index (χ0n) is 15.3. The number of fused-ring (bicyclic) bond motifs is 1. The summed E-state index contributed by atoms with van der Waals surface area (Å²) in [4.78, 5) is 17.7. The first-order chi connectivity index (χ1) is 13.4. The maximum atomic E-state index is 12.9. The van der Waals surface area contributed by atoms with Crippen LogP contribution in [0.3, 0.4) is 0 Å². The van der Waals surface area contributed by atoms with Crippen LogP contribution in [0.15, 0.2) is 53.4 Å². The Labute approximate surface area is 167 Å². The topological polar surface area (TPSA) is 110 Å². The van der Waals surface area contributed by atoms with Gasteiger partial charge in [0.2, 0.25) is 10.0 Å². The van der Waals surface area contributed by atoms with Gasteiger partial charge in [-0.2, -0.15) is 13.5 Å². The van der Waals surface area contributed by atoms with Crippen LogP contribution < -0.4 is 10.2 Å². The van der Waals surface area contributed by atoms with E-state index >= 15 is 0 Å². The Bertz CT molecular complexity index is 1050. The molecule has 10 heteroatoms. The van der Waals surface area contributed by atoms with Gasteiger partial charge in [-0.3, -0.25) is 9.63 Å². The number of hydrogen-bond acceptors (Lipinski definition) is 7. The number of carbonyl (C=O) groups is 1. The van der Waals surface area contributed by atoms with E-state index in [1.54, 1.807) is 26.0 Å². The van der Waals surface area contributed by atoms with Gasteiger partial charge in [-0.15, -0.1) is 0 Å². The molecule has 1 aromatic heterocycles. The fourth-order valence-corrected chi connectivity index (χ4v) is 4.66. The van der Waals surface area contributed by atoms with Crippen LogP contribution in [0.1, 0.15) is 19.4 Å². The zero-order chi connectivity index (χ0) is 20.1. The molecule has 3 rings (SSSR count). The summed E-state index contributed by atoms with van der Waals surface area (Å²) in [5.74, 6) is -0.874. The molecule has 0 aliphatic rings. The van der Waals surface area contributed by atoms with Gasteiger partial charge in [-0.25, -0.2) is 13.9 Å². The van der Waals surface area contributed by atoms with Crippen molar-refractivity contribution in [3.63, 3.8) is 0 Å². The molecule has 2 N–H and O–H groups in total. The first-order valence-electron chi connectivity index (χ1n) is 8.57. The summed E-state index contributed by atoms with van der Waals surface area (Å²) >= 11 is 0.932. The van der Waals surface area contributed by atoms with Crippen molar-refractivity contribution in [2.75, 3.05) is 0 Å². The van der Waals surface area contributed by atoms with E-state index in [-0.39, 0.29) is 22.9 Å². The molecule has 0 aliphatic carbocycles. The molecule has 3 aromatic rings. The van der Waals surface area contributed by atoms with Crippen LogP contribution >= 0.6 is 11.7 Å². The summed E-state index contributed by atoms with van der Waals surface area (Å²) in [6.45, 7) is 3.66. The number of hydrogen-bond donors (Lipinski definition) is 2. The van der Waals surface area contributed by atoms with Gasteiger partial charge < -0.3 is 0 Å². The molecule has 0 aliphatic heterocycles. The largest absolute Gasteiger partial charge is 0.271 e. The molecule has 1 atom stereocenters. The normalized spacial score (nSPS) is 13.0. The minimum Gasteiger partial charge on any atom is -0.271 e. The summed E-state index contributed by atoms with van der Waals surface area (Å²) in [6, 6.07) is 13.0. The maximum absolute atomic E-state index is 12.9. The molecule has 0 saturated carbocycles. The van der Waals surface area contributed by atoms with Gasteiger partial charge in [0.1, 0.15) is 22.0 Å². The number of nitrogens with zero attached hydrogens (tertiary/aromatic N) is 2. The highest BCUT2D eigenvalue weighted by molar-refractivity contribution is 7.89. The van der Waals surface area contributed by atoms with Crippen molar-refractivity contribution in [2.24, 2.45) is 5.92 Å². The number of nitrogens with one attached hydrogen (secondary N) is 2. The fraction of sp³-hybridized carbons (Fsp3) is 0.278. The summed E-state index contributed by atoms with van der Waals surface area (Å²) in [6.07, 6.45) is 0. The molecule has 0 fully saturated rings. The minimum atomic E-state index is -3.99. The lowest BCUT2D eigenvalue weighted by molar-refractivity contribution is -0.137. The molecule has 0 radical (unpaired) electrons. The van der Waals surface area contributed by atoms with Crippen LogP contribution in [0.5, 0.6) is 0 Å². The van der Waals surface area contributed by atoms with Crippen molar-refractivity contribution in [3.05, 3.63) is 54.1 Å². The second-order valence-corrected chi connectivity index (χ2v) is 8.68. The average Bonchev–Trinajstić information content (AvgIpc) is 3.15. The van der Waals surface area contributed by atoms with Crippen molar-refractivity contribution in [1.29, 1.82) is 0 Å². The van der Waals surface area contributed by atoms with Crippen LogP contribution in [0.25, 0.3) is 11.0 Å². The lowest BCUT2D eigenvalue weighted by Crippen LogP contribution is -2.49. The minimum absolute atomic E-state index is 0.0117. The van der Waals surface area contributed by atoms with E-state index in [1.807, 2.05) is 30.3 Å². The van der Waals surface area contributed by atoms with E-state index in [0.29, 0.717) is 5.52 Å². The Morgan fingerprint density at radius 3 is 2.57 bits per heavy atom. The lowest BCUT2D eigenvalue weighted by atomic mass is 10.1. The predicted molar refractivity (Wildman–Crippen MR) is 106 cm³/mol. The van der Waals surface area contributed by atoms with Gasteiger partial charge in [-0.05, 0) is 23.6 Å². The number of carbonyl (C=O) groups excluding carboxylic acids is 1. The molecule has 8 nitrogen and oxygen atoms in total. The first-order valence-corrected chi connectivity index (χ1v) is 10.8. The number of benzene rings is 2. The first kappa shape index (κ1) is 20.3. The number of hydroxylamine groups is 1. The third kappa shape index (κ3) is 4.71. The van der Waals surface area contributed by atoms with Gasteiger partial charge in [0, 0.05) is 0 Å². The zero-order valence-corrected chi connectivity index (χ0v) is 17.0. The lowest BCUT2D eigenvalue weighted by Gasteiger charge is -2.21. The number of rotatable bonds is 8. The summed E-state index contributed by atoms with van der Waals surface area (Å²) in [5.41, 5.74) is 3.98. The number of sulfonamides is 1. The summed E-state index contributed by atoms with van der Waals surface area (Å²) in [7, 11) is -3.99. The van der Waals surface area contributed by atoms with Crippen LogP contribution in [0, 0.1) is 5.92 Å². The Balaban J connectivity index is 1.71. The van der Waals surface area contributed by atoms with Gasteiger partial charge >= 0.3 is 0 Å². The van der Waals surface area contributed by atoms with E-state index in [9.17, 15) is 13.2 Å². The third-order valence-corrected chi connectivity index (χ3v) is 6.04. The van der Waals surface area contributed by atoms with E-state index < -0.39 is 22.0 Å². The highest BCUT2D eigenvalue weighted by atomic mass is 32.2. The molecule has 1 heterocycles. The fourth-order valence-electron chi connectivity index (χ4n) is 2.55. The Kier molecular flexibility index (Phi) is 6.35. The Morgan fingerprint density at radius 1 is 1.11 bits per heavy atom. The molecular weight excluding hydrogens is 400 g/mol. The second kappa shape index (κ2) is 8.74. The van der Waals surface area contributed by atoms with E-state index in [0.717, 1.165) is 17.3 Å². The third-order valence-electron chi connectivity index (χ3n) is 4.02. The number of amides is 1. The van der Waals surface area contributed by atoms with Crippen molar-refractivity contribution < 1.29 is 18.0 Å². The molecule has 0 saturated heterocycles. The summed E-state index contributed by atoms with van der Waals surface area (Å²) in [5, 5.41) is 0. The SMILES string of the molecule is CC(C)[C@@H](NS(=O)(=O)c1cccc2nsnc12)C(=O)NOCc1ccccc1. The van der Waals surface area contributed by atoms with Crippen molar-refractivity contribution in [1.82, 2.24) is 18.9 Å². The monoisotopic (exact) mass is 420 g/mol. The highest BCUT2D eigenvalue weighted by Crippen LogP contribution is 2.21. The van der Waals surface area contributed by atoms with E-state index in [4.69, 9.17) is 4.84 Å². The number of aromatic nitrogens is 2. The predicted octanol–water partition coefficient (Wildman–Crippen LogP) is 2.24. The van der Waals surface area contributed by atoms with Crippen LogP contribution in [-0.4, -0.2) is 29.1 Å². The molecule has 0 bridgehead atoms. The van der Waals surface area contributed by atoms with Crippen LogP contribution in [0.2, 0.25) is 0 Å². The molecule has 0 unspecified atom stereocenters. The van der Waals surface area contributed by atoms with Crippen molar-refractivity contribution in [3.8, 4) is 0 Å². The smallest absolute Gasteiger partial charge is 0.261 e. The van der Waals surface area contributed by atoms with E-state index in [1.165, 1.54) is 6.07 Å². The van der Waals surface area contributed by atoms with Gasteiger partial charge in [0.15, 0.2) is 0 Å². The van der Waals surface area contributed by atoms with E-state index in [2.05, 4.69) is 18.9 Å². The molecule has 0 spiro atoms. The molecular formula is C18H20N4O4S2. The van der Waals surface area contributed by atoms with Gasteiger partial charge in [0.25, 0.3) is 5.91 Å². The highest BCUT2D eigenvalue weighted by Gasteiger charge is 2.30. The molecule has 148 valence electrons. The van der Waals surface area contributed by atoms with Gasteiger partial charge in [-0.1, -0.05) is 50.2 Å². The maximum Gasteiger partial charge on any atom is 0.261 e. The quantitative estimate of drug-likeness (QED) is 0.541.